The molecule has 5 heteroatoms. The first-order chi connectivity index (χ1) is 26.2. The number of pyridine rings is 1. The van der Waals surface area contributed by atoms with Crippen molar-refractivity contribution in [2.45, 2.75) is 0 Å². The van der Waals surface area contributed by atoms with E-state index in [1.807, 2.05) is 30.5 Å². The number of rotatable bonds is 4. The number of hydrogen-bond acceptors (Lipinski definition) is 5. The van der Waals surface area contributed by atoms with Gasteiger partial charge >= 0.3 is 0 Å². The summed E-state index contributed by atoms with van der Waals surface area (Å²) >= 11 is 0. The minimum Gasteiger partial charge on any atom is -0.455 e. The molecule has 53 heavy (non-hydrogen) atoms. The molecule has 8 aromatic carbocycles. The summed E-state index contributed by atoms with van der Waals surface area (Å²) in [6.45, 7) is 0. The first-order valence-electron chi connectivity index (χ1n) is 17.7. The second-order valence-corrected chi connectivity index (χ2v) is 13.4. The third kappa shape index (κ3) is 4.79. The molecule has 3 heterocycles. The monoisotopic (exact) mass is 676 g/mol. The van der Waals surface area contributed by atoms with Gasteiger partial charge in [-0.15, -0.1) is 0 Å². The van der Waals surface area contributed by atoms with Crippen LogP contribution < -0.4 is 0 Å². The molecule has 0 unspecified atom stereocenters. The second kappa shape index (κ2) is 11.7. The SMILES string of the molecule is c1ccc2cc(-c3nc(-c4ccc5ccccc5c4)nc(-c4cccc5c(-c6cccc7oc8c9ccccc9ncc8c67)cccc45)n3)ccc2c1. The van der Waals surface area contributed by atoms with E-state index in [0.717, 1.165) is 82.2 Å². The zero-order valence-electron chi connectivity index (χ0n) is 28.4. The molecule has 0 aliphatic heterocycles. The summed E-state index contributed by atoms with van der Waals surface area (Å²) in [7, 11) is 0. The first-order valence-corrected chi connectivity index (χ1v) is 17.7. The maximum absolute atomic E-state index is 6.53. The molecule has 0 aliphatic rings. The maximum atomic E-state index is 6.53. The Labute approximate surface area is 303 Å². The molecule has 0 spiro atoms. The Morgan fingerprint density at radius 2 is 0.925 bits per heavy atom. The highest BCUT2D eigenvalue weighted by atomic mass is 16.3. The van der Waals surface area contributed by atoms with Crippen LogP contribution in [0.15, 0.2) is 174 Å². The summed E-state index contributed by atoms with van der Waals surface area (Å²) in [6.07, 6.45) is 1.94. The Hall–Kier alpha value is -7.24. The molecule has 0 bridgehead atoms. The summed E-state index contributed by atoms with van der Waals surface area (Å²) in [5.41, 5.74) is 7.61. The molecule has 0 N–H and O–H groups in total. The number of benzene rings is 8. The minimum atomic E-state index is 0.622. The molecular formula is C48H28N4O. The predicted octanol–water partition coefficient (Wildman–Crippen LogP) is 12.4. The van der Waals surface area contributed by atoms with Crippen molar-refractivity contribution >= 4 is 65.2 Å². The van der Waals surface area contributed by atoms with Gasteiger partial charge in [-0.3, -0.25) is 4.98 Å². The van der Waals surface area contributed by atoms with Crippen molar-refractivity contribution in [2.75, 3.05) is 0 Å². The van der Waals surface area contributed by atoms with E-state index in [9.17, 15) is 0 Å². The van der Waals surface area contributed by atoms with Gasteiger partial charge in [-0.25, -0.2) is 15.0 Å². The predicted molar refractivity (Wildman–Crippen MR) is 217 cm³/mol. The van der Waals surface area contributed by atoms with Crippen LogP contribution in [0.5, 0.6) is 0 Å². The number of fused-ring (bicyclic) bond motifs is 8. The lowest BCUT2D eigenvalue weighted by molar-refractivity contribution is 0.672. The van der Waals surface area contributed by atoms with Crippen LogP contribution in [0.4, 0.5) is 0 Å². The molecule has 0 atom stereocenters. The average molecular weight is 677 g/mol. The Morgan fingerprint density at radius 1 is 0.377 bits per heavy atom. The zero-order valence-corrected chi connectivity index (χ0v) is 28.4. The van der Waals surface area contributed by atoms with Gasteiger partial charge < -0.3 is 4.42 Å². The Balaban J connectivity index is 1.13. The summed E-state index contributed by atoms with van der Waals surface area (Å²) in [5.74, 6) is 1.88. The fourth-order valence-corrected chi connectivity index (χ4v) is 7.78. The van der Waals surface area contributed by atoms with E-state index < -0.39 is 0 Å². The largest absolute Gasteiger partial charge is 0.455 e. The van der Waals surface area contributed by atoms with Crippen LogP contribution >= 0.6 is 0 Å². The summed E-state index contributed by atoms with van der Waals surface area (Å²) in [6, 6.07) is 56.8. The molecule has 0 fully saturated rings. The Bertz CT molecular complexity index is 3160. The van der Waals surface area contributed by atoms with E-state index >= 15 is 0 Å². The molecule has 0 amide bonds. The highest BCUT2D eigenvalue weighted by Crippen LogP contribution is 2.42. The molecule has 0 saturated carbocycles. The molecule has 11 aromatic rings. The van der Waals surface area contributed by atoms with E-state index in [2.05, 4.69) is 140 Å². The number of hydrogen-bond donors (Lipinski definition) is 0. The quantitative estimate of drug-likeness (QED) is 0.186. The van der Waals surface area contributed by atoms with E-state index in [-0.39, 0.29) is 0 Å². The van der Waals surface area contributed by atoms with Crippen molar-refractivity contribution in [2.24, 2.45) is 0 Å². The lowest BCUT2D eigenvalue weighted by Crippen LogP contribution is -2.01. The molecule has 246 valence electrons. The molecule has 5 nitrogen and oxygen atoms in total. The van der Waals surface area contributed by atoms with Crippen molar-refractivity contribution in [3.8, 4) is 45.3 Å². The standard InChI is InChI=1S/C48H28N4O/c1-3-12-31-26-33(24-22-29(31)10-1)46-50-47(34-25-23-30-11-2-4-13-32(30)27-34)52-48(51-46)39-19-8-15-35-36(16-7-17-37(35)39)38-18-9-21-43-44(38)41-28-49-42-20-6-5-14-40(42)45(41)53-43/h1-28H. The van der Waals surface area contributed by atoms with Gasteiger partial charge in [-0.1, -0.05) is 133 Å². The molecular weight excluding hydrogens is 649 g/mol. The van der Waals surface area contributed by atoms with E-state index in [1.54, 1.807) is 0 Å². The van der Waals surface area contributed by atoms with Crippen molar-refractivity contribution < 1.29 is 4.42 Å². The lowest BCUT2D eigenvalue weighted by atomic mass is 9.93. The zero-order chi connectivity index (χ0) is 34.9. The van der Waals surface area contributed by atoms with E-state index in [4.69, 9.17) is 24.4 Å². The van der Waals surface area contributed by atoms with Gasteiger partial charge in [0.2, 0.25) is 0 Å². The number of nitrogens with zero attached hydrogens (tertiary/aromatic N) is 4. The first kappa shape index (κ1) is 29.5. The third-order valence-electron chi connectivity index (χ3n) is 10.3. The van der Waals surface area contributed by atoms with Crippen LogP contribution in [-0.2, 0) is 0 Å². The van der Waals surface area contributed by atoms with Crippen LogP contribution in [0.2, 0.25) is 0 Å². The maximum Gasteiger partial charge on any atom is 0.164 e. The number of aromatic nitrogens is 4. The average Bonchev–Trinajstić information content (AvgIpc) is 3.62. The lowest BCUT2D eigenvalue weighted by Gasteiger charge is -2.13. The fourth-order valence-electron chi connectivity index (χ4n) is 7.78. The molecule has 0 aliphatic carbocycles. The van der Waals surface area contributed by atoms with Gasteiger partial charge in [0.15, 0.2) is 17.5 Å². The Kier molecular flexibility index (Phi) is 6.48. The molecule has 0 saturated heterocycles. The summed E-state index contributed by atoms with van der Waals surface area (Å²) in [5, 5.41) is 9.83. The number of para-hydroxylation sites is 1. The van der Waals surface area contributed by atoms with E-state index in [0.29, 0.717) is 17.5 Å². The topological polar surface area (TPSA) is 64.7 Å². The van der Waals surface area contributed by atoms with Gasteiger partial charge in [-0.05, 0) is 73.8 Å². The minimum absolute atomic E-state index is 0.622. The third-order valence-corrected chi connectivity index (χ3v) is 10.3. The Morgan fingerprint density at radius 3 is 1.64 bits per heavy atom. The van der Waals surface area contributed by atoms with Gasteiger partial charge in [0, 0.05) is 39.0 Å². The van der Waals surface area contributed by atoms with Crippen molar-refractivity contribution in [3.63, 3.8) is 0 Å². The second-order valence-electron chi connectivity index (χ2n) is 13.4. The van der Waals surface area contributed by atoms with Crippen LogP contribution in [0.3, 0.4) is 0 Å². The van der Waals surface area contributed by atoms with Crippen LogP contribution in [0, 0.1) is 0 Å². The van der Waals surface area contributed by atoms with Gasteiger partial charge in [0.1, 0.15) is 11.2 Å². The van der Waals surface area contributed by atoms with Gasteiger partial charge in [0.25, 0.3) is 0 Å². The van der Waals surface area contributed by atoms with Crippen LogP contribution in [0.25, 0.3) is 110 Å². The number of furan rings is 1. The summed E-state index contributed by atoms with van der Waals surface area (Å²) in [4.78, 5) is 20.3. The van der Waals surface area contributed by atoms with E-state index in [1.165, 1.54) is 10.8 Å². The molecule has 3 aromatic heterocycles. The van der Waals surface area contributed by atoms with Crippen LogP contribution in [0.1, 0.15) is 0 Å². The molecule has 11 rings (SSSR count). The highest BCUT2D eigenvalue weighted by Gasteiger charge is 2.19. The van der Waals surface area contributed by atoms with Gasteiger partial charge in [-0.2, -0.15) is 0 Å². The van der Waals surface area contributed by atoms with Crippen LogP contribution in [-0.4, -0.2) is 19.9 Å². The summed E-state index contributed by atoms with van der Waals surface area (Å²) < 4.78 is 6.53. The normalized spacial score (nSPS) is 11.8. The van der Waals surface area contributed by atoms with Crippen molar-refractivity contribution in [3.05, 3.63) is 170 Å². The molecule has 0 radical (unpaired) electrons. The van der Waals surface area contributed by atoms with Crippen molar-refractivity contribution in [1.29, 1.82) is 0 Å². The smallest absolute Gasteiger partial charge is 0.164 e. The fraction of sp³-hybridized carbons (Fsp3) is 0. The van der Waals surface area contributed by atoms with Gasteiger partial charge in [0.05, 0.1) is 5.52 Å². The van der Waals surface area contributed by atoms with Crippen molar-refractivity contribution in [1.82, 2.24) is 19.9 Å². The highest BCUT2D eigenvalue weighted by molar-refractivity contribution is 6.20.